The Kier molecular flexibility index (Phi) is 4.04. The SMILES string of the molecule is COc1ccc(OC)c(C#Cc2cccc(C)n2)c1. The first-order valence-electron chi connectivity index (χ1n) is 5.90. The molecule has 0 radical (unpaired) electrons. The molecule has 0 saturated carbocycles. The molecule has 0 aliphatic carbocycles. The molecule has 0 aliphatic heterocycles. The highest BCUT2D eigenvalue weighted by Crippen LogP contribution is 2.22. The average molecular weight is 253 g/mol. The summed E-state index contributed by atoms with van der Waals surface area (Å²) in [6.45, 7) is 1.94. The zero-order valence-corrected chi connectivity index (χ0v) is 11.2. The Labute approximate surface area is 113 Å². The summed E-state index contributed by atoms with van der Waals surface area (Å²) < 4.78 is 10.5. The number of pyridine rings is 1. The maximum absolute atomic E-state index is 5.28. The highest BCUT2D eigenvalue weighted by molar-refractivity contribution is 5.51. The summed E-state index contributed by atoms with van der Waals surface area (Å²) in [5.74, 6) is 7.57. The van der Waals surface area contributed by atoms with Gasteiger partial charge in [-0.15, -0.1) is 0 Å². The summed E-state index contributed by atoms with van der Waals surface area (Å²) in [4.78, 5) is 4.34. The fourth-order valence-corrected chi connectivity index (χ4v) is 1.66. The van der Waals surface area contributed by atoms with Crippen molar-refractivity contribution in [1.29, 1.82) is 0 Å². The molecule has 96 valence electrons. The third-order valence-electron chi connectivity index (χ3n) is 2.62. The van der Waals surface area contributed by atoms with Crippen LogP contribution >= 0.6 is 0 Å². The number of aromatic nitrogens is 1. The molecule has 0 spiro atoms. The van der Waals surface area contributed by atoms with Crippen LogP contribution < -0.4 is 9.47 Å². The summed E-state index contributed by atoms with van der Waals surface area (Å²) in [6, 6.07) is 11.3. The maximum Gasteiger partial charge on any atom is 0.134 e. The molecule has 1 aromatic carbocycles. The number of nitrogens with zero attached hydrogens (tertiary/aromatic N) is 1. The van der Waals surface area contributed by atoms with Gasteiger partial charge >= 0.3 is 0 Å². The van der Waals surface area contributed by atoms with Gasteiger partial charge < -0.3 is 9.47 Å². The molecule has 0 saturated heterocycles. The van der Waals surface area contributed by atoms with Crippen molar-refractivity contribution < 1.29 is 9.47 Å². The Morgan fingerprint density at radius 3 is 2.53 bits per heavy atom. The molecular weight excluding hydrogens is 238 g/mol. The van der Waals surface area contributed by atoms with E-state index >= 15 is 0 Å². The molecule has 0 N–H and O–H groups in total. The summed E-state index contributed by atoms with van der Waals surface area (Å²) in [7, 11) is 3.25. The van der Waals surface area contributed by atoms with Crippen LogP contribution in [0.4, 0.5) is 0 Å². The number of ether oxygens (including phenoxy) is 2. The monoisotopic (exact) mass is 253 g/mol. The van der Waals surface area contributed by atoms with Crippen LogP contribution in [0.2, 0.25) is 0 Å². The topological polar surface area (TPSA) is 31.4 Å². The lowest BCUT2D eigenvalue weighted by atomic mass is 10.2. The first-order chi connectivity index (χ1) is 9.22. The van der Waals surface area contributed by atoms with Crippen molar-refractivity contribution in [2.24, 2.45) is 0 Å². The Morgan fingerprint density at radius 2 is 1.84 bits per heavy atom. The van der Waals surface area contributed by atoms with Crippen LogP contribution in [0.1, 0.15) is 17.0 Å². The minimum absolute atomic E-state index is 0.723. The van der Waals surface area contributed by atoms with Gasteiger partial charge in [-0.1, -0.05) is 12.0 Å². The maximum atomic E-state index is 5.28. The van der Waals surface area contributed by atoms with Crippen LogP contribution in [0, 0.1) is 18.8 Å². The number of methoxy groups -OCH3 is 2. The largest absolute Gasteiger partial charge is 0.497 e. The van der Waals surface area contributed by atoms with Gasteiger partial charge in [-0.25, -0.2) is 4.98 Å². The van der Waals surface area contributed by atoms with E-state index in [1.165, 1.54) is 0 Å². The lowest BCUT2D eigenvalue weighted by Crippen LogP contribution is -1.90. The van der Waals surface area contributed by atoms with Crippen molar-refractivity contribution in [3.05, 3.63) is 53.3 Å². The zero-order chi connectivity index (χ0) is 13.7. The van der Waals surface area contributed by atoms with Crippen molar-refractivity contribution in [3.8, 4) is 23.3 Å². The second-order valence-electron chi connectivity index (χ2n) is 3.98. The molecule has 3 nitrogen and oxygen atoms in total. The summed E-state index contributed by atoms with van der Waals surface area (Å²) in [5.41, 5.74) is 2.47. The number of hydrogen-bond acceptors (Lipinski definition) is 3. The predicted octanol–water partition coefficient (Wildman–Crippen LogP) is 2.81. The lowest BCUT2D eigenvalue weighted by Gasteiger charge is -2.05. The zero-order valence-electron chi connectivity index (χ0n) is 11.2. The average Bonchev–Trinajstić information content (AvgIpc) is 2.45. The minimum Gasteiger partial charge on any atom is -0.497 e. The predicted molar refractivity (Wildman–Crippen MR) is 74.5 cm³/mol. The number of aryl methyl sites for hydroxylation is 1. The van der Waals surface area contributed by atoms with Gasteiger partial charge in [-0.2, -0.15) is 0 Å². The van der Waals surface area contributed by atoms with Gasteiger partial charge in [-0.05, 0) is 43.2 Å². The molecule has 0 atom stereocenters. The molecular formula is C16H15NO2. The van der Waals surface area contributed by atoms with Gasteiger partial charge in [0.2, 0.25) is 0 Å². The smallest absolute Gasteiger partial charge is 0.134 e. The van der Waals surface area contributed by atoms with Gasteiger partial charge in [0.1, 0.15) is 17.2 Å². The molecule has 3 heteroatoms. The van der Waals surface area contributed by atoms with Gasteiger partial charge in [0.05, 0.1) is 19.8 Å². The second kappa shape index (κ2) is 5.92. The van der Waals surface area contributed by atoms with Gasteiger partial charge in [0, 0.05) is 5.69 Å². The lowest BCUT2D eigenvalue weighted by molar-refractivity contribution is 0.402. The second-order valence-corrected chi connectivity index (χ2v) is 3.98. The van der Waals surface area contributed by atoms with Crippen molar-refractivity contribution >= 4 is 0 Å². The molecule has 19 heavy (non-hydrogen) atoms. The van der Waals surface area contributed by atoms with E-state index in [0.717, 1.165) is 28.5 Å². The minimum atomic E-state index is 0.723. The van der Waals surface area contributed by atoms with Crippen LogP contribution in [0.15, 0.2) is 36.4 Å². The van der Waals surface area contributed by atoms with Crippen molar-refractivity contribution in [3.63, 3.8) is 0 Å². The summed E-state index contributed by atoms with van der Waals surface area (Å²) in [6.07, 6.45) is 0. The van der Waals surface area contributed by atoms with Gasteiger partial charge in [0.25, 0.3) is 0 Å². The summed E-state index contributed by atoms with van der Waals surface area (Å²) >= 11 is 0. The van der Waals surface area contributed by atoms with Crippen LogP contribution in [-0.2, 0) is 0 Å². The number of benzene rings is 1. The number of hydrogen-bond donors (Lipinski definition) is 0. The van der Waals surface area contributed by atoms with E-state index in [-0.39, 0.29) is 0 Å². The molecule has 1 heterocycles. The fourth-order valence-electron chi connectivity index (χ4n) is 1.66. The number of rotatable bonds is 2. The first-order valence-corrected chi connectivity index (χ1v) is 5.90. The Hall–Kier alpha value is -2.47. The molecule has 2 aromatic rings. The third-order valence-corrected chi connectivity index (χ3v) is 2.62. The van der Waals surface area contributed by atoms with E-state index < -0.39 is 0 Å². The third kappa shape index (κ3) is 3.26. The Bertz CT molecular complexity index is 639. The fraction of sp³-hybridized carbons (Fsp3) is 0.188. The molecule has 1 aromatic heterocycles. The standard InChI is InChI=1S/C16H15NO2/c1-12-5-4-6-14(17-12)8-7-13-11-15(18-2)9-10-16(13)19-3/h4-6,9-11H,1-3H3. The van der Waals surface area contributed by atoms with Gasteiger partial charge in [0.15, 0.2) is 0 Å². The molecule has 0 unspecified atom stereocenters. The van der Waals surface area contributed by atoms with Gasteiger partial charge in [-0.3, -0.25) is 0 Å². The normalized spacial score (nSPS) is 9.42. The van der Waals surface area contributed by atoms with E-state index in [1.54, 1.807) is 14.2 Å². The van der Waals surface area contributed by atoms with Crippen molar-refractivity contribution in [2.45, 2.75) is 6.92 Å². The molecule has 0 fully saturated rings. The van der Waals surface area contributed by atoms with E-state index in [2.05, 4.69) is 16.8 Å². The van der Waals surface area contributed by atoms with Crippen LogP contribution in [0.5, 0.6) is 11.5 Å². The van der Waals surface area contributed by atoms with E-state index in [4.69, 9.17) is 9.47 Å². The van der Waals surface area contributed by atoms with Crippen LogP contribution in [0.3, 0.4) is 0 Å². The van der Waals surface area contributed by atoms with Crippen molar-refractivity contribution in [1.82, 2.24) is 4.98 Å². The Morgan fingerprint density at radius 1 is 1.00 bits per heavy atom. The molecule has 0 amide bonds. The van der Waals surface area contributed by atoms with E-state index in [9.17, 15) is 0 Å². The summed E-state index contributed by atoms with van der Waals surface area (Å²) in [5, 5.41) is 0. The Balaban J connectivity index is 2.37. The van der Waals surface area contributed by atoms with Crippen LogP contribution in [0.25, 0.3) is 0 Å². The first kappa shape index (κ1) is 13.0. The van der Waals surface area contributed by atoms with Crippen LogP contribution in [-0.4, -0.2) is 19.2 Å². The quantitative estimate of drug-likeness (QED) is 0.771. The highest BCUT2D eigenvalue weighted by atomic mass is 16.5. The molecule has 2 rings (SSSR count). The molecule has 0 aliphatic rings. The van der Waals surface area contributed by atoms with E-state index in [1.807, 2.05) is 43.3 Å². The highest BCUT2D eigenvalue weighted by Gasteiger charge is 2.02. The molecule has 0 bridgehead atoms. The van der Waals surface area contributed by atoms with Crippen molar-refractivity contribution in [2.75, 3.05) is 14.2 Å². The van der Waals surface area contributed by atoms with E-state index in [0.29, 0.717) is 0 Å².